The van der Waals surface area contributed by atoms with Crippen LogP contribution in [0.1, 0.15) is 20.8 Å². The van der Waals surface area contributed by atoms with Crippen molar-refractivity contribution in [1.29, 1.82) is 0 Å². The third kappa shape index (κ3) is 6.19. The fourth-order valence-electron chi connectivity index (χ4n) is 0.422. The molecule has 0 aliphatic heterocycles. The molecule has 0 aliphatic rings. The molecule has 0 saturated heterocycles. The Hall–Kier alpha value is -0.220. The van der Waals surface area contributed by atoms with E-state index in [2.05, 4.69) is 0 Å². The summed E-state index contributed by atoms with van der Waals surface area (Å²) in [4.78, 5) is 10.6. The molecule has 0 spiro atoms. The zero-order chi connectivity index (χ0) is 9.07. The maximum atomic E-state index is 10.6. The Kier molecular flexibility index (Phi) is 3.89. The maximum Gasteiger partial charge on any atom is 0.230 e. The van der Waals surface area contributed by atoms with Crippen LogP contribution in [-0.4, -0.2) is 22.4 Å². The number of amides is 1. The summed E-state index contributed by atoms with van der Waals surface area (Å²) in [6.07, 6.45) is 0. The van der Waals surface area contributed by atoms with Gasteiger partial charge in [0.05, 0.1) is 5.25 Å². The predicted octanol–water partition coefficient (Wildman–Crippen LogP) is 0.331. The molecule has 0 heterocycles. The minimum atomic E-state index is -0.278. The van der Waals surface area contributed by atoms with Gasteiger partial charge in [-0.1, -0.05) is 0 Å². The van der Waals surface area contributed by atoms with E-state index in [1.54, 1.807) is 6.92 Å². The maximum absolute atomic E-state index is 10.6. The highest BCUT2D eigenvalue weighted by atomic mass is 32.2. The molecule has 0 bridgehead atoms. The van der Waals surface area contributed by atoms with E-state index in [1.807, 2.05) is 13.8 Å². The first-order valence-electron chi connectivity index (χ1n) is 3.53. The molecule has 0 aromatic rings. The van der Waals surface area contributed by atoms with Crippen LogP contribution >= 0.6 is 11.8 Å². The monoisotopic (exact) mass is 176 g/mol. The molecule has 0 fully saturated rings. The summed E-state index contributed by atoms with van der Waals surface area (Å²) in [7, 11) is 0. The number of hydrogen-bond acceptors (Lipinski definition) is 3. The van der Waals surface area contributed by atoms with Crippen LogP contribution in [0.25, 0.3) is 0 Å². The summed E-state index contributed by atoms with van der Waals surface area (Å²) >= 11 is 1.49. The second-order valence-corrected chi connectivity index (χ2v) is 4.67. The normalized spacial score (nSPS) is 14.5. The largest absolute Gasteiger partial charge is 0.369 e. The predicted molar refractivity (Wildman–Crippen MR) is 49.4 cm³/mol. The molecule has 66 valence electrons. The van der Waals surface area contributed by atoms with Crippen molar-refractivity contribution < 1.29 is 4.79 Å². The van der Waals surface area contributed by atoms with Gasteiger partial charge in [-0.3, -0.25) is 4.79 Å². The number of hydrogen-bond donors (Lipinski definition) is 2. The average Bonchev–Trinajstić information content (AvgIpc) is 1.80. The first-order valence-corrected chi connectivity index (χ1v) is 4.57. The zero-order valence-corrected chi connectivity index (χ0v) is 8.07. The number of carbonyl (C=O) groups excluding carboxylic acids is 1. The third-order valence-corrected chi connectivity index (χ3v) is 2.75. The standard InChI is InChI=1S/C7H16N2OS/c1-5(6(8)10)11-4-7(2,3)9/h5H,4,9H2,1-3H3,(H2,8,10). The van der Waals surface area contributed by atoms with Crippen LogP contribution in [0, 0.1) is 0 Å². The van der Waals surface area contributed by atoms with Crippen LogP contribution in [0.15, 0.2) is 0 Å². The molecule has 1 amide bonds. The van der Waals surface area contributed by atoms with Crippen molar-refractivity contribution in [3.63, 3.8) is 0 Å². The molecule has 0 aromatic heterocycles. The van der Waals surface area contributed by atoms with Gasteiger partial charge >= 0.3 is 0 Å². The highest BCUT2D eigenvalue weighted by Crippen LogP contribution is 2.15. The molecule has 0 aromatic carbocycles. The van der Waals surface area contributed by atoms with Gasteiger partial charge in [0.15, 0.2) is 0 Å². The summed E-state index contributed by atoms with van der Waals surface area (Å²) in [5, 5.41) is -0.141. The Morgan fingerprint density at radius 1 is 1.64 bits per heavy atom. The SMILES string of the molecule is CC(SCC(C)(C)N)C(N)=O. The summed E-state index contributed by atoms with van der Waals surface area (Å²) in [5.74, 6) is 0.469. The Labute approximate surface area is 71.9 Å². The fourth-order valence-corrected chi connectivity index (χ4v) is 1.27. The first-order chi connectivity index (χ1) is 4.83. The van der Waals surface area contributed by atoms with Gasteiger partial charge in [0.25, 0.3) is 0 Å². The minimum Gasteiger partial charge on any atom is -0.369 e. The lowest BCUT2D eigenvalue weighted by molar-refractivity contribution is -0.117. The second kappa shape index (κ2) is 3.97. The van der Waals surface area contributed by atoms with E-state index in [-0.39, 0.29) is 16.7 Å². The van der Waals surface area contributed by atoms with Crippen LogP contribution < -0.4 is 11.5 Å². The molecular weight excluding hydrogens is 160 g/mol. The van der Waals surface area contributed by atoms with Crippen molar-refractivity contribution >= 4 is 17.7 Å². The van der Waals surface area contributed by atoms with E-state index in [1.165, 1.54) is 11.8 Å². The van der Waals surface area contributed by atoms with E-state index in [4.69, 9.17) is 11.5 Å². The van der Waals surface area contributed by atoms with Crippen LogP contribution in [-0.2, 0) is 4.79 Å². The Balaban J connectivity index is 3.63. The average molecular weight is 176 g/mol. The molecule has 0 rings (SSSR count). The fraction of sp³-hybridized carbons (Fsp3) is 0.857. The minimum absolute atomic E-state index is 0.141. The number of thioether (sulfide) groups is 1. The lowest BCUT2D eigenvalue weighted by Gasteiger charge is -2.19. The molecule has 0 aliphatic carbocycles. The number of carbonyl (C=O) groups is 1. The Bertz CT molecular complexity index is 142. The summed E-state index contributed by atoms with van der Waals surface area (Å²) in [6.45, 7) is 5.64. The molecule has 3 nitrogen and oxygen atoms in total. The van der Waals surface area contributed by atoms with E-state index < -0.39 is 0 Å². The highest BCUT2D eigenvalue weighted by Gasteiger charge is 2.15. The van der Waals surface area contributed by atoms with Crippen molar-refractivity contribution in [1.82, 2.24) is 0 Å². The van der Waals surface area contributed by atoms with Gasteiger partial charge in [0.1, 0.15) is 0 Å². The topological polar surface area (TPSA) is 69.1 Å². The van der Waals surface area contributed by atoms with Gasteiger partial charge in [0, 0.05) is 11.3 Å². The molecular formula is C7H16N2OS. The zero-order valence-electron chi connectivity index (χ0n) is 7.26. The van der Waals surface area contributed by atoms with Crippen LogP contribution in [0.5, 0.6) is 0 Å². The Morgan fingerprint density at radius 2 is 2.09 bits per heavy atom. The summed E-state index contributed by atoms with van der Waals surface area (Å²) < 4.78 is 0. The van der Waals surface area contributed by atoms with Gasteiger partial charge in [-0.2, -0.15) is 0 Å². The molecule has 4 heteroatoms. The van der Waals surface area contributed by atoms with Crippen molar-refractivity contribution in [2.75, 3.05) is 5.75 Å². The van der Waals surface area contributed by atoms with Crippen molar-refractivity contribution in [2.24, 2.45) is 11.5 Å². The van der Waals surface area contributed by atoms with Gasteiger partial charge in [-0.05, 0) is 20.8 Å². The highest BCUT2D eigenvalue weighted by molar-refractivity contribution is 8.00. The molecule has 11 heavy (non-hydrogen) atoms. The van der Waals surface area contributed by atoms with E-state index >= 15 is 0 Å². The molecule has 0 radical (unpaired) electrons. The van der Waals surface area contributed by atoms with E-state index in [9.17, 15) is 4.79 Å². The molecule has 1 unspecified atom stereocenters. The molecule has 1 atom stereocenters. The van der Waals surface area contributed by atoms with Gasteiger partial charge in [0.2, 0.25) is 5.91 Å². The van der Waals surface area contributed by atoms with Crippen molar-refractivity contribution in [3.05, 3.63) is 0 Å². The number of rotatable bonds is 4. The van der Waals surface area contributed by atoms with Gasteiger partial charge < -0.3 is 11.5 Å². The third-order valence-electron chi connectivity index (χ3n) is 1.11. The number of nitrogens with two attached hydrogens (primary N) is 2. The van der Waals surface area contributed by atoms with Crippen LogP contribution in [0.4, 0.5) is 0 Å². The Morgan fingerprint density at radius 3 is 2.36 bits per heavy atom. The lowest BCUT2D eigenvalue weighted by atomic mass is 10.1. The summed E-state index contributed by atoms with van der Waals surface area (Å²) in [6, 6.07) is 0. The molecule has 0 saturated carbocycles. The second-order valence-electron chi connectivity index (χ2n) is 3.34. The van der Waals surface area contributed by atoms with Crippen LogP contribution in [0.3, 0.4) is 0 Å². The van der Waals surface area contributed by atoms with Crippen molar-refractivity contribution in [2.45, 2.75) is 31.6 Å². The van der Waals surface area contributed by atoms with E-state index in [0.29, 0.717) is 0 Å². The smallest absolute Gasteiger partial charge is 0.230 e. The summed E-state index contributed by atoms with van der Waals surface area (Å²) in [5.41, 5.74) is 10.5. The molecule has 4 N–H and O–H groups in total. The lowest BCUT2D eigenvalue weighted by Crippen LogP contribution is -2.36. The first kappa shape index (κ1) is 10.8. The van der Waals surface area contributed by atoms with Gasteiger partial charge in [-0.25, -0.2) is 0 Å². The number of primary amides is 1. The van der Waals surface area contributed by atoms with E-state index in [0.717, 1.165) is 5.75 Å². The van der Waals surface area contributed by atoms with Crippen LogP contribution in [0.2, 0.25) is 0 Å². The van der Waals surface area contributed by atoms with Gasteiger partial charge in [-0.15, -0.1) is 11.8 Å². The van der Waals surface area contributed by atoms with Crippen molar-refractivity contribution in [3.8, 4) is 0 Å². The quantitative estimate of drug-likeness (QED) is 0.648.